The smallest absolute Gasteiger partial charge is 0.226 e. The molecule has 0 atom stereocenters. The average molecular weight is 318 g/mol. The van der Waals surface area contributed by atoms with Gasteiger partial charge in [0.2, 0.25) is 5.28 Å². The fourth-order valence-electron chi connectivity index (χ4n) is 2.23. The molecule has 7 heteroatoms. The van der Waals surface area contributed by atoms with Crippen LogP contribution in [0.15, 0.2) is 30.6 Å². The van der Waals surface area contributed by atoms with Crippen LogP contribution in [0.2, 0.25) is 5.28 Å². The van der Waals surface area contributed by atoms with Crippen LogP contribution in [0.25, 0.3) is 11.2 Å². The van der Waals surface area contributed by atoms with Crippen molar-refractivity contribution in [2.45, 2.75) is 19.9 Å². The number of hydrogen-bond acceptors (Lipinski definition) is 5. The topological polar surface area (TPSA) is 64.9 Å². The Bertz CT molecular complexity index is 815. The van der Waals surface area contributed by atoms with Crippen LogP contribution in [-0.2, 0) is 0 Å². The van der Waals surface area contributed by atoms with Crippen LogP contribution < -0.4 is 10.1 Å². The standard InChI is InChI=1S/C15H16ClN5O/c1-9(2)21-8-17-12-13(19-15(16)20-14(12)21)18-10-6-4-5-7-11(10)22-3/h4-9H,1-3H3,(H,18,19,20). The summed E-state index contributed by atoms with van der Waals surface area (Å²) in [6.45, 7) is 4.12. The van der Waals surface area contributed by atoms with E-state index in [1.54, 1.807) is 13.4 Å². The first-order valence-electron chi connectivity index (χ1n) is 6.90. The van der Waals surface area contributed by atoms with Crippen molar-refractivity contribution < 1.29 is 4.74 Å². The van der Waals surface area contributed by atoms with E-state index < -0.39 is 0 Å². The maximum atomic E-state index is 6.06. The van der Waals surface area contributed by atoms with E-state index >= 15 is 0 Å². The first-order valence-corrected chi connectivity index (χ1v) is 7.28. The molecule has 0 unspecified atom stereocenters. The van der Waals surface area contributed by atoms with Crippen LogP contribution in [-0.4, -0.2) is 26.6 Å². The van der Waals surface area contributed by atoms with Gasteiger partial charge in [0.25, 0.3) is 0 Å². The molecule has 114 valence electrons. The molecule has 0 saturated heterocycles. The van der Waals surface area contributed by atoms with Crippen LogP contribution >= 0.6 is 11.6 Å². The maximum absolute atomic E-state index is 6.06. The summed E-state index contributed by atoms with van der Waals surface area (Å²) in [7, 11) is 1.62. The van der Waals surface area contributed by atoms with Crippen LogP contribution in [0.5, 0.6) is 5.75 Å². The zero-order valence-corrected chi connectivity index (χ0v) is 13.3. The minimum Gasteiger partial charge on any atom is -0.495 e. The molecular weight excluding hydrogens is 302 g/mol. The summed E-state index contributed by atoms with van der Waals surface area (Å²) in [5.41, 5.74) is 2.16. The summed E-state index contributed by atoms with van der Waals surface area (Å²) in [6.07, 6.45) is 1.74. The van der Waals surface area contributed by atoms with Gasteiger partial charge in [-0.3, -0.25) is 0 Å². The molecule has 6 nitrogen and oxygen atoms in total. The molecule has 0 aliphatic carbocycles. The second-order valence-electron chi connectivity index (χ2n) is 5.08. The van der Waals surface area contributed by atoms with Gasteiger partial charge in [-0.15, -0.1) is 0 Å². The average Bonchev–Trinajstić information content (AvgIpc) is 2.91. The first kappa shape index (κ1) is 14.6. The molecule has 0 amide bonds. The van der Waals surface area contributed by atoms with Gasteiger partial charge in [0.1, 0.15) is 5.75 Å². The lowest BCUT2D eigenvalue weighted by atomic mass is 10.3. The first-order chi connectivity index (χ1) is 10.6. The van der Waals surface area contributed by atoms with E-state index in [-0.39, 0.29) is 11.3 Å². The number of hydrogen-bond donors (Lipinski definition) is 1. The van der Waals surface area contributed by atoms with E-state index in [1.165, 1.54) is 0 Å². The van der Waals surface area contributed by atoms with Crippen LogP contribution in [0.3, 0.4) is 0 Å². The highest BCUT2D eigenvalue weighted by atomic mass is 35.5. The Morgan fingerprint density at radius 1 is 1.23 bits per heavy atom. The lowest BCUT2D eigenvalue weighted by Gasteiger charge is -2.11. The fraction of sp³-hybridized carbons (Fsp3) is 0.267. The number of imidazole rings is 1. The Kier molecular flexibility index (Phi) is 3.85. The molecule has 0 aliphatic rings. The van der Waals surface area contributed by atoms with Gasteiger partial charge in [-0.05, 0) is 37.6 Å². The molecule has 0 fully saturated rings. The van der Waals surface area contributed by atoms with Gasteiger partial charge in [-0.2, -0.15) is 9.97 Å². The summed E-state index contributed by atoms with van der Waals surface area (Å²) in [5, 5.41) is 3.40. The van der Waals surface area contributed by atoms with E-state index in [4.69, 9.17) is 16.3 Å². The summed E-state index contributed by atoms with van der Waals surface area (Å²) >= 11 is 6.06. The number of benzene rings is 1. The van der Waals surface area contributed by atoms with Gasteiger partial charge < -0.3 is 14.6 Å². The van der Waals surface area contributed by atoms with Gasteiger partial charge in [0.15, 0.2) is 17.0 Å². The molecule has 0 spiro atoms. The van der Waals surface area contributed by atoms with Crippen LogP contribution in [0.1, 0.15) is 19.9 Å². The van der Waals surface area contributed by atoms with E-state index in [0.717, 1.165) is 5.69 Å². The molecule has 1 aromatic carbocycles. The second-order valence-corrected chi connectivity index (χ2v) is 5.42. The molecule has 0 bridgehead atoms. The lowest BCUT2D eigenvalue weighted by molar-refractivity contribution is 0.417. The minimum atomic E-state index is 0.173. The van der Waals surface area contributed by atoms with Crippen LogP contribution in [0, 0.1) is 0 Å². The Morgan fingerprint density at radius 3 is 2.73 bits per heavy atom. The normalized spacial score (nSPS) is 11.1. The second kappa shape index (κ2) is 5.81. The predicted octanol–water partition coefficient (Wildman–Crippen LogP) is 3.81. The minimum absolute atomic E-state index is 0.173. The van der Waals surface area contributed by atoms with Gasteiger partial charge in [-0.25, -0.2) is 4.98 Å². The largest absolute Gasteiger partial charge is 0.495 e. The Labute approximate surface area is 133 Å². The Balaban J connectivity index is 2.11. The van der Waals surface area contributed by atoms with Gasteiger partial charge in [0, 0.05) is 6.04 Å². The molecule has 0 radical (unpaired) electrons. The number of methoxy groups -OCH3 is 1. The predicted molar refractivity (Wildman–Crippen MR) is 87.0 cm³/mol. The number of rotatable bonds is 4. The molecule has 2 heterocycles. The maximum Gasteiger partial charge on any atom is 0.226 e. The van der Waals surface area contributed by atoms with Crippen molar-refractivity contribution in [1.29, 1.82) is 0 Å². The number of fused-ring (bicyclic) bond motifs is 1. The van der Waals surface area contributed by atoms with Crippen molar-refractivity contribution in [2.24, 2.45) is 0 Å². The molecular formula is C15H16ClN5O. The van der Waals surface area contributed by atoms with Crippen molar-refractivity contribution in [3.8, 4) is 5.75 Å². The zero-order chi connectivity index (χ0) is 15.7. The number of aromatic nitrogens is 4. The molecule has 0 saturated carbocycles. The van der Waals surface area contributed by atoms with E-state index in [0.29, 0.717) is 22.7 Å². The third kappa shape index (κ3) is 2.57. The Morgan fingerprint density at radius 2 is 2.00 bits per heavy atom. The number of ether oxygens (including phenoxy) is 1. The molecule has 3 rings (SSSR count). The van der Waals surface area contributed by atoms with Crippen molar-refractivity contribution >= 4 is 34.3 Å². The number of para-hydroxylation sites is 2. The monoisotopic (exact) mass is 317 g/mol. The number of nitrogens with one attached hydrogen (secondary N) is 1. The molecule has 3 aromatic rings. The molecule has 1 N–H and O–H groups in total. The van der Waals surface area contributed by atoms with Crippen molar-refractivity contribution in [3.05, 3.63) is 35.9 Å². The molecule has 2 aromatic heterocycles. The van der Waals surface area contributed by atoms with E-state index in [2.05, 4.69) is 34.1 Å². The lowest BCUT2D eigenvalue weighted by Crippen LogP contribution is -2.03. The summed E-state index contributed by atoms with van der Waals surface area (Å²) in [5.74, 6) is 1.27. The van der Waals surface area contributed by atoms with E-state index in [1.807, 2.05) is 28.8 Å². The fourth-order valence-corrected chi connectivity index (χ4v) is 2.40. The molecule has 0 aliphatic heterocycles. The highest BCUT2D eigenvalue weighted by molar-refractivity contribution is 6.28. The van der Waals surface area contributed by atoms with Crippen LogP contribution in [0.4, 0.5) is 11.5 Å². The van der Waals surface area contributed by atoms with Crippen molar-refractivity contribution in [3.63, 3.8) is 0 Å². The third-order valence-electron chi connectivity index (χ3n) is 3.31. The van der Waals surface area contributed by atoms with Gasteiger partial charge in [-0.1, -0.05) is 12.1 Å². The number of halogens is 1. The summed E-state index contributed by atoms with van der Waals surface area (Å²) in [6, 6.07) is 7.82. The number of anilines is 2. The zero-order valence-electron chi connectivity index (χ0n) is 12.5. The summed E-state index contributed by atoms with van der Waals surface area (Å²) in [4.78, 5) is 13.0. The van der Waals surface area contributed by atoms with Gasteiger partial charge in [0.05, 0.1) is 19.1 Å². The quantitative estimate of drug-likeness (QED) is 0.741. The summed E-state index contributed by atoms with van der Waals surface area (Å²) < 4.78 is 7.29. The number of nitrogens with zero attached hydrogens (tertiary/aromatic N) is 4. The van der Waals surface area contributed by atoms with E-state index in [9.17, 15) is 0 Å². The highest BCUT2D eigenvalue weighted by Gasteiger charge is 2.15. The molecule has 22 heavy (non-hydrogen) atoms. The van der Waals surface area contributed by atoms with Crippen molar-refractivity contribution in [2.75, 3.05) is 12.4 Å². The Hall–Kier alpha value is -2.34. The van der Waals surface area contributed by atoms with Crippen molar-refractivity contribution in [1.82, 2.24) is 19.5 Å². The SMILES string of the molecule is COc1ccccc1Nc1nc(Cl)nc2c1ncn2C(C)C. The third-order valence-corrected chi connectivity index (χ3v) is 3.48. The highest BCUT2D eigenvalue weighted by Crippen LogP contribution is 2.30. The van der Waals surface area contributed by atoms with Gasteiger partial charge >= 0.3 is 0 Å².